The zero-order valence-electron chi connectivity index (χ0n) is 15.1. The van der Waals surface area contributed by atoms with E-state index in [0.717, 1.165) is 11.1 Å². The van der Waals surface area contributed by atoms with Crippen LogP contribution in [0.3, 0.4) is 0 Å². The van der Waals surface area contributed by atoms with Gasteiger partial charge in [-0.15, -0.1) is 0 Å². The highest BCUT2D eigenvalue weighted by molar-refractivity contribution is 6.30. The van der Waals surface area contributed by atoms with E-state index in [1.807, 2.05) is 60.7 Å². The van der Waals surface area contributed by atoms with Gasteiger partial charge >= 0.3 is 0 Å². The van der Waals surface area contributed by atoms with Crippen molar-refractivity contribution in [2.75, 3.05) is 0 Å². The molecule has 0 saturated carbocycles. The first-order chi connectivity index (χ1) is 13.6. The van der Waals surface area contributed by atoms with E-state index in [9.17, 15) is 9.59 Å². The zero-order chi connectivity index (χ0) is 19.8. The average Bonchev–Trinajstić information content (AvgIpc) is 2.73. The Kier molecular flexibility index (Phi) is 6.71. The highest BCUT2D eigenvalue weighted by atomic mass is 35.5. The summed E-state index contributed by atoms with van der Waals surface area (Å²) >= 11 is 5.89. The first-order valence-electron chi connectivity index (χ1n) is 8.85. The lowest BCUT2D eigenvalue weighted by Gasteiger charge is -2.08. The van der Waals surface area contributed by atoms with E-state index < -0.39 is 0 Å². The summed E-state index contributed by atoms with van der Waals surface area (Å²) in [6.45, 7) is 0. The van der Waals surface area contributed by atoms with Gasteiger partial charge in [0, 0.05) is 10.6 Å². The molecular formula is C23H19ClN2O2. The van der Waals surface area contributed by atoms with E-state index in [0.29, 0.717) is 16.3 Å². The lowest BCUT2D eigenvalue weighted by Crippen LogP contribution is -2.23. The first-order valence-corrected chi connectivity index (χ1v) is 9.23. The quantitative estimate of drug-likeness (QED) is 0.362. The number of nitrogens with one attached hydrogen (secondary N) is 1. The molecule has 0 saturated heterocycles. The molecule has 28 heavy (non-hydrogen) atoms. The Bertz CT molecular complexity index is 969. The van der Waals surface area contributed by atoms with Crippen molar-refractivity contribution >= 4 is 29.0 Å². The van der Waals surface area contributed by atoms with Gasteiger partial charge in [-0.3, -0.25) is 9.59 Å². The number of nitrogens with zero attached hydrogens (tertiary/aromatic N) is 1. The van der Waals surface area contributed by atoms with Gasteiger partial charge in [-0.1, -0.05) is 72.3 Å². The van der Waals surface area contributed by atoms with Gasteiger partial charge in [0.2, 0.25) is 5.91 Å². The molecule has 140 valence electrons. The highest BCUT2D eigenvalue weighted by Gasteiger charge is 2.13. The van der Waals surface area contributed by atoms with Crippen LogP contribution < -0.4 is 5.43 Å². The van der Waals surface area contributed by atoms with Crippen LogP contribution in [0.1, 0.15) is 27.9 Å². The fraction of sp³-hybridized carbons (Fsp3) is 0.0870. The van der Waals surface area contributed by atoms with Gasteiger partial charge in [-0.2, -0.15) is 5.10 Å². The third-order valence-corrected chi connectivity index (χ3v) is 4.38. The number of hydrogen-bond acceptors (Lipinski definition) is 3. The summed E-state index contributed by atoms with van der Waals surface area (Å²) < 4.78 is 0. The fourth-order valence-corrected chi connectivity index (χ4v) is 2.80. The van der Waals surface area contributed by atoms with Crippen molar-refractivity contribution in [3.05, 3.63) is 107 Å². The molecule has 1 amide bonds. The predicted molar refractivity (Wildman–Crippen MR) is 112 cm³/mol. The monoisotopic (exact) mass is 390 g/mol. The van der Waals surface area contributed by atoms with E-state index >= 15 is 0 Å². The number of rotatable bonds is 7. The third kappa shape index (κ3) is 5.63. The minimum atomic E-state index is -0.237. The number of Topliss-reactive ketones (excluding diaryl/α,β-unsaturated/α-hetero) is 1. The Morgan fingerprint density at radius 2 is 1.39 bits per heavy atom. The van der Waals surface area contributed by atoms with Crippen molar-refractivity contribution in [1.29, 1.82) is 0 Å². The summed E-state index contributed by atoms with van der Waals surface area (Å²) in [5, 5.41) is 4.81. The van der Waals surface area contributed by atoms with Crippen LogP contribution in [0.4, 0.5) is 0 Å². The molecule has 0 aliphatic rings. The molecular weight excluding hydrogens is 372 g/mol. The standard InChI is InChI=1S/C23H19ClN2O2/c24-20-13-11-19(12-14-20)22(27)16-21(18-9-5-2-6-10-18)25-26-23(28)15-17-7-3-1-4-8-17/h1-14H,15-16H2,(H,26,28)/b25-21-. The van der Waals surface area contributed by atoms with Gasteiger partial charge in [0.15, 0.2) is 5.78 Å². The average molecular weight is 391 g/mol. The maximum Gasteiger partial charge on any atom is 0.244 e. The Morgan fingerprint density at radius 3 is 2.04 bits per heavy atom. The van der Waals surface area contributed by atoms with Gasteiger partial charge in [0.05, 0.1) is 18.6 Å². The summed E-state index contributed by atoms with van der Waals surface area (Å²) in [5.74, 6) is -0.338. The lowest BCUT2D eigenvalue weighted by molar-refractivity contribution is -0.120. The summed E-state index contributed by atoms with van der Waals surface area (Å²) in [5.41, 5.74) is 5.30. The SMILES string of the molecule is O=C(Cc1ccccc1)N/N=C(/CC(=O)c1ccc(Cl)cc1)c1ccccc1. The second-order valence-corrected chi connectivity index (χ2v) is 6.67. The van der Waals surface area contributed by atoms with Gasteiger partial charge in [0.25, 0.3) is 0 Å². The van der Waals surface area contributed by atoms with Gasteiger partial charge in [-0.25, -0.2) is 5.43 Å². The van der Waals surface area contributed by atoms with E-state index in [2.05, 4.69) is 10.5 Å². The molecule has 0 heterocycles. The van der Waals surface area contributed by atoms with Crippen LogP contribution in [0.5, 0.6) is 0 Å². The molecule has 3 aromatic carbocycles. The molecule has 1 N–H and O–H groups in total. The minimum Gasteiger partial charge on any atom is -0.294 e. The lowest BCUT2D eigenvalue weighted by atomic mass is 10.0. The van der Waals surface area contributed by atoms with Gasteiger partial charge in [0.1, 0.15) is 0 Å². The molecule has 0 fully saturated rings. The van der Waals surface area contributed by atoms with E-state index in [-0.39, 0.29) is 24.5 Å². The number of hydrazone groups is 1. The predicted octanol–water partition coefficient (Wildman–Crippen LogP) is 4.68. The number of ketones is 1. The van der Waals surface area contributed by atoms with Crippen LogP contribution in [0, 0.1) is 0 Å². The van der Waals surface area contributed by atoms with Crippen molar-refractivity contribution in [1.82, 2.24) is 5.43 Å². The summed E-state index contributed by atoms with van der Waals surface area (Å²) in [6.07, 6.45) is 0.287. The number of benzene rings is 3. The van der Waals surface area contributed by atoms with Crippen molar-refractivity contribution in [2.24, 2.45) is 5.10 Å². The Hall–Kier alpha value is -3.24. The fourth-order valence-electron chi connectivity index (χ4n) is 2.68. The second-order valence-electron chi connectivity index (χ2n) is 6.23. The summed E-state index contributed by atoms with van der Waals surface area (Å²) in [6, 6.07) is 25.5. The van der Waals surface area contributed by atoms with Gasteiger partial charge < -0.3 is 0 Å². The largest absolute Gasteiger partial charge is 0.294 e. The van der Waals surface area contributed by atoms with Crippen LogP contribution >= 0.6 is 11.6 Å². The van der Waals surface area contributed by atoms with Crippen LogP contribution in [0.15, 0.2) is 90.0 Å². The summed E-state index contributed by atoms with van der Waals surface area (Å²) in [4.78, 5) is 24.9. The van der Waals surface area contributed by atoms with Crippen LogP contribution in [0.25, 0.3) is 0 Å². The van der Waals surface area contributed by atoms with Crippen LogP contribution in [-0.4, -0.2) is 17.4 Å². The Morgan fingerprint density at radius 1 is 0.786 bits per heavy atom. The highest BCUT2D eigenvalue weighted by Crippen LogP contribution is 2.13. The maximum atomic E-state index is 12.6. The van der Waals surface area contributed by atoms with Crippen LogP contribution in [-0.2, 0) is 11.2 Å². The molecule has 5 heteroatoms. The van der Waals surface area contributed by atoms with Crippen molar-refractivity contribution in [3.63, 3.8) is 0 Å². The Labute approximate surface area is 168 Å². The molecule has 3 rings (SSSR count). The topological polar surface area (TPSA) is 58.5 Å². The van der Waals surface area contributed by atoms with E-state index in [1.54, 1.807) is 24.3 Å². The third-order valence-electron chi connectivity index (χ3n) is 4.12. The second kappa shape index (κ2) is 9.62. The molecule has 0 bridgehead atoms. The van der Waals surface area contributed by atoms with E-state index in [4.69, 9.17) is 11.6 Å². The normalized spacial score (nSPS) is 11.1. The molecule has 0 aliphatic carbocycles. The van der Waals surface area contributed by atoms with Crippen molar-refractivity contribution in [3.8, 4) is 0 Å². The minimum absolute atomic E-state index is 0.0667. The molecule has 0 aliphatic heterocycles. The number of carbonyl (C=O) groups is 2. The molecule has 4 nitrogen and oxygen atoms in total. The molecule has 0 aromatic heterocycles. The number of amides is 1. The van der Waals surface area contributed by atoms with Crippen molar-refractivity contribution in [2.45, 2.75) is 12.8 Å². The Balaban J connectivity index is 1.75. The van der Waals surface area contributed by atoms with Gasteiger partial charge in [-0.05, 0) is 35.4 Å². The van der Waals surface area contributed by atoms with E-state index in [1.165, 1.54) is 0 Å². The number of hydrogen-bond donors (Lipinski definition) is 1. The first kappa shape index (κ1) is 19.5. The number of carbonyl (C=O) groups excluding carboxylic acids is 2. The smallest absolute Gasteiger partial charge is 0.244 e. The number of halogens is 1. The van der Waals surface area contributed by atoms with Crippen LogP contribution in [0.2, 0.25) is 5.02 Å². The maximum absolute atomic E-state index is 12.6. The molecule has 0 atom stereocenters. The summed E-state index contributed by atoms with van der Waals surface area (Å²) in [7, 11) is 0. The molecule has 0 spiro atoms. The zero-order valence-corrected chi connectivity index (χ0v) is 15.9. The molecule has 0 unspecified atom stereocenters. The molecule has 0 radical (unpaired) electrons. The van der Waals surface area contributed by atoms with Crippen molar-refractivity contribution < 1.29 is 9.59 Å². The molecule has 3 aromatic rings.